The summed E-state index contributed by atoms with van der Waals surface area (Å²) in [5.41, 5.74) is -1.00. The molecule has 0 radical (unpaired) electrons. The Morgan fingerprint density at radius 1 is 1.07 bits per heavy atom. The van der Waals surface area contributed by atoms with Gasteiger partial charge in [0.05, 0.1) is 12.2 Å². The third-order valence-corrected chi connectivity index (χ3v) is 6.52. The van der Waals surface area contributed by atoms with Crippen LogP contribution in [0.5, 0.6) is 5.75 Å². The van der Waals surface area contributed by atoms with Crippen LogP contribution in [0.15, 0.2) is 36.4 Å². The van der Waals surface area contributed by atoms with E-state index in [0.29, 0.717) is 35.7 Å². The van der Waals surface area contributed by atoms with Gasteiger partial charge in [-0.1, -0.05) is 51.1 Å². The molecule has 2 unspecified atom stereocenters. The lowest BCUT2D eigenvalue weighted by Gasteiger charge is -2.38. The third-order valence-electron chi connectivity index (χ3n) is 6.52. The maximum Gasteiger partial charge on any atom is 0.328 e. The Labute approximate surface area is 178 Å². The number of fused-ring (bicyclic) bond motifs is 1. The zero-order valence-corrected chi connectivity index (χ0v) is 18.6. The summed E-state index contributed by atoms with van der Waals surface area (Å²) in [6.07, 6.45) is 2.38. The first-order valence-corrected chi connectivity index (χ1v) is 10.8. The zero-order valence-electron chi connectivity index (χ0n) is 18.6. The smallest absolute Gasteiger partial charge is 0.328 e. The minimum Gasteiger partial charge on any atom is -0.492 e. The maximum absolute atomic E-state index is 13.0. The van der Waals surface area contributed by atoms with Gasteiger partial charge in [-0.25, -0.2) is 4.79 Å². The van der Waals surface area contributed by atoms with E-state index in [0.717, 1.165) is 16.7 Å². The number of ether oxygens (including phenoxy) is 1. The molecule has 3 rings (SSSR count). The van der Waals surface area contributed by atoms with Gasteiger partial charge in [-0.05, 0) is 61.8 Å². The van der Waals surface area contributed by atoms with Crippen LogP contribution in [0.25, 0.3) is 10.8 Å². The molecule has 0 bridgehead atoms. The summed E-state index contributed by atoms with van der Waals surface area (Å²) in [6.45, 7) is 10.4. The molecule has 1 fully saturated rings. The van der Waals surface area contributed by atoms with Gasteiger partial charge in [0.1, 0.15) is 11.3 Å². The molecule has 5 nitrogen and oxygen atoms in total. The molecule has 1 aliphatic rings. The van der Waals surface area contributed by atoms with E-state index in [1.807, 2.05) is 30.3 Å². The fourth-order valence-corrected chi connectivity index (χ4v) is 4.77. The van der Waals surface area contributed by atoms with Crippen molar-refractivity contribution >= 4 is 22.6 Å². The van der Waals surface area contributed by atoms with E-state index in [1.165, 1.54) is 26.7 Å². The lowest BCUT2D eigenvalue weighted by Crippen LogP contribution is -2.49. The molecule has 0 aliphatic heterocycles. The lowest BCUT2D eigenvalue weighted by atomic mass is 9.70. The van der Waals surface area contributed by atoms with Gasteiger partial charge in [0, 0.05) is 5.39 Å². The number of amides is 1. The highest BCUT2D eigenvalue weighted by Crippen LogP contribution is 2.39. The van der Waals surface area contributed by atoms with Crippen LogP contribution < -0.4 is 10.1 Å². The monoisotopic (exact) mass is 411 g/mol. The average Bonchev–Trinajstić information content (AvgIpc) is 2.66. The van der Waals surface area contributed by atoms with Gasteiger partial charge in [-0.2, -0.15) is 0 Å². The first-order chi connectivity index (χ1) is 14.1. The van der Waals surface area contributed by atoms with Gasteiger partial charge in [0.15, 0.2) is 0 Å². The van der Waals surface area contributed by atoms with Crippen LogP contribution in [0.3, 0.4) is 0 Å². The first-order valence-electron chi connectivity index (χ1n) is 10.8. The molecule has 2 atom stereocenters. The fraction of sp³-hybridized carbons (Fsp3) is 0.520. The molecule has 1 aliphatic carbocycles. The van der Waals surface area contributed by atoms with Crippen LogP contribution in [0.1, 0.15) is 57.8 Å². The predicted molar refractivity (Wildman–Crippen MR) is 119 cm³/mol. The Morgan fingerprint density at radius 2 is 1.70 bits per heavy atom. The topological polar surface area (TPSA) is 75.6 Å². The van der Waals surface area contributed by atoms with Crippen molar-refractivity contribution in [3.05, 3.63) is 42.0 Å². The Morgan fingerprint density at radius 3 is 2.33 bits per heavy atom. The molecule has 162 valence electrons. The Balaban J connectivity index is 1.92. The predicted octanol–water partition coefficient (Wildman–Crippen LogP) is 5.13. The molecule has 2 aromatic rings. The minimum absolute atomic E-state index is 0.368. The van der Waals surface area contributed by atoms with E-state index in [-0.39, 0.29) is 0 Å². The highest BCUT2D eigenvalue weighted by Gasteiger charge is 2.33. The second-order valence-electron chi connectivity index (χ2n) is 9.55. The molecule has 0 saturated heterocycles. The van der Waals surface area contributed by atoms with E-state index in [2.05, 4.69) is 26.1 Å². The van der Waals surface area contributed by atoms with Gasteiger partial charge in [-0.15, -0.1) is 0 Å². The molecule has 30 heavy (non-hydrogen) atoms. The summed E-state index contributed by atoms with van der Waals surface area (Å²) in [4.78, 5) is 24.5. The zero-order chi connectivity index (χ0) is 22.1. The van der Waals surface area contributed by atoms with E-state index in [1.54, 1.807) is 6.07 Å². The van der Waals surface area contributed by atoms with Gasteiger partial charge >= 0.3 is 5.97 Å². The number of carboxylic acid groups (broad SMARTS) is 1. The molecule has 0 aromatic heterocycles. The summed E-state index contributed by atoms with van der Waals surface area (Å²) in [6, 6.07) is 11.4. The molecule has 0 spiro atoms. The van der Waals surface area contributed by atoms with Crippen LogP contribution >= 0.6 is 0 Å². The molecule has 2 N–H and O–H groups in total. The Bertz CT molecular complexity index is 924. The quantitative estimate of drug-likeness (QED) is 0.691. The summed E-state index contributed by atoms with van der Waals surface area (Å²) in [5.74, 6) is 1.27. The summed E-state index contributed by atoms with van der Waals surface area (Å²) < 4.78 is 6.35. The third kappa shape index (κ3) is 4.61. The number of hydrogen-bond acceptors (Lipinski definition) is 3. The second-order valence-corrected chi connectivity index (χ2v) is 9.55. The van der Waals surface area contributed by atoms with Crippen LogP contribution in [-0.4, -0.2) is 29.1 Å². The molecule has 5 heteroatoms. The van der Waals surface area contributed by atoms with Crippen LogP contribution in [0, 0.1) is 23.7 Å². The van der Waals surface area contributed by atoms with Crippen molar-refractivity contribution in [3.8, 4) is 5.75 Å². The van der Waals surface area contributed by atoms with Gasteiger partial charge in [-0.3, -0.25) is 4.79 Å². The van der Waals surface area contributed by atoms with Crippen molar-refractivity contribution in [2.75, 3.05) is 6.61 Å². The van der Waals surface area contributed by atoms with E-state index < -0.39 is 17.4 Å². The van der Waals surface area contributed by atoms with E-state index in [9.17, 15) is 14.7 Å². The van der Waals surface area contributed by atoms with Crippen molar-refractivity contribution in [2.45, 2.75) is 53.0 Å². The van der Waals surface area contributed by atoms with Crippen molar-refractivity contribution in [1.82, 2.24) is 5.32 Å². The first kappa shape index (κ1) is 22.1. The number of carbonyl (C=O) groups excluding carboxylic acids is 1. The number of aliphatic carboxylic acids is 1. The standard InChI is InChI=1S/C25H33NO4/c1-15-12-16(2)21(17(3)13-15)14-30-22-19-9-7-6-8-18(19)10-11-20(22)23(27)26-25(4,5)24(28)29/h6-11,15-17,21H,12-14H2,1-5H3,(H,26,27)(H,28,29). The number of benzene rings is 2. The van der Waals surface area contributed by atoms with Crippen molar-refractivity contribution in [2.24, 2.45) is 23.7 Å². The summed E-state index contributed by atoms with van der Waals surface area (Å²) in [7, 11) is 0. The van der Waals surface area contributed by atoms with Crippen molar-refractivity contribution in [3.63, 3.8) is 0 Å². The largest absolute Gasteiger partial charge is 0.492 e. The van der Waals surface area contributed by atoms with Crippen molar-refractivity contribution < 1.29 is 19.4 Å². The molecule has 1 saturated carbocycles. The maximum atomic E-state index is 13.0. The molecule has 1 amide bonds. The molecule has 2 aromatic carbocycles. The SMILES string of the molecule is CC1CC(C)C(COc2c(C(=O)NC(C)(C)C(=O)O)ccc3ccccc23)C(C)C1. The van der Waals surface area contributed by atoms with Gasteiger partial charge in [0.25, 0.3) is 5.91 Å². The average molecular weight is 412 g/mol. The minimum atomic E-state index is -1.37. The Hall–Kier alpha value is -2.56. The fourth-order valence-electron chi connectivity index (χ4n) is 4.77. The highest BCUT2D eigenvalue weighted by atomic mass is 16.5. The molecular formula is C25H33NO4. The van der Waals surface area contributed by atoms with Crippen LogP contribution in [0.2, 0.25) is 0 Å². The van der Waals surface area contributed by atoms with Gasteiger partial charge in [0.2, 0.25) is 0 Å². The summed E-state index contributed by atoms with van der Waals surface area (Å²) >= 11 is 0. The molecule has 0 heterocycles. The number of carbonyl (C=O) groups is 2. The highest BCUT2D eigenvalue weighted by molar-refractivity contribution is 6.05. The van der Waals surface area contributed by atoms with Gasteiger partial charge < -0.3 is 15.2 Å². The number of rotatable bonds is 6. The van der Waals surface area contributed by atoms with Crippen molar-refractivity contribution in [1.29, 1.82) is 0 Å². The number of carboxylic acids is 1. The summed E-state index contributed by atoms with van der Waals surface area (Å²) in [5, 5.41) is 13.9. The van der Waals surface area contributed by atoms with Crippen LogP contribution in [-0.2, 0) is 4.79 Å². The number of hydrogen-bond donors (Lipinski definition) is 2. The second kappa shape index (κ2) is 8.66. The Kier molecular flexibility index (Phi) is 6.39. The number of nitrogens with one attached hydrogen (secondary N) is 1. The van der Waals surface area contributed by atoms with E-state index >= 15 is 0 Å². The normalized spacial score (nSPS) is 24.4. The van der Waals surface area contributed by atoms with E-state index in [4.69, 9.17) is 4.74 Å². The lowest BCUT2D eigenvalue weighted by molar-refractivity contribution is -0.143. The molecular weight excluding hydrogens is 378 g/mol. The van der Waals surface area contributed by atoms with Crippen LogP contribution in [0.4, 0.5) is 0 Å².